The van der Waals surface area contributed by atoms with Crippen LogP contribution in [-0.2, 0) is 6.42 Å². The van der Waals surface area contributed by atoms with E-state index in [-0.39, 0.29) is 6.04 Å². The lowest BCUT2D eigenvalue weighted by atomic mass is 9.96. The molecule has 1 atom stereocenters. The third kappa shape index (κ3) is 3.09. The first-order chi connectivity index (χ1) is 10.1. The Kier molecular flexibility index (Phi) is 4.78. The molecule has 0 fully saturated rings. The lowest BCUT2D eigenvalue weighted by Gasteiger charge is -2.21. The van der Waals surface area contributed by atoms with Gasteiger partial charge >= 0.3 is 0 Å². The highest BCUT2D eigenvalue weighted by Gasteiger charge is 2.25. The van der Waals surface area contributed by atoms with Gasteiger partial charge in [-0.3, -0.25) is 0 Å². The Hall–Kier alpha value is -0.300. The van der Waals surface area contributed by atoms with Crippen molar-refractivity contribution in [2.75, 3.05) is 13.7 Å². The molecule has 0 saturated carbocycles. The fraction of sp³-hybridized carbons (Fsp3) is 0.250. The minimum absolute atomic E-state index is 0.0413. The summed E-state index contributed by atoms with van der Waals surface area (Å²) in [7, 11) is 1.96. The molecule has 2 aromatic carbocycles. The molecule has 0 bridgehead atoms. The molecule has 0 radical (unpaired) electrons. The first kappa shape index (κ1) is 15.6. The van der Waals surface area contributed by atoms with Crippen LogP contribution in [0.4, 0.5) is 0 Å². The van der Waals surface area contributed by atoms with Crippen molar-refractivity contribution in [3.8, 4) is 5.75 Å². The maximum absolute atomic E-state index is 6.29. The van der Waals surface area contributed by atoms with E-state index in [9.17, 15) is 0 Å². The molecule has 0 amide bonds. The molecule has 3 rings (SSSR count). The van der Waals surface area contributed by atoms with E-state index in [4.69, 9.17) is 16.3 Å². The predicted octanol–water partition coefficient (Wildman–Crippen LogP) is 4.95. The molecule has 21 heavy (non-hydrogen) atoms. The van der Waals surface area contributed by atoms with Crippen LogP contribution in [0.5, 0.6) is 5.75 Å². The van der Waals surface area contributed by atoms with Crippen molar-refractivity contribution in [3.63, 3.8) is 0 Å². The number of rotatable bonds is 3. The van der Waals surface area contributed by atoms with E-state index in [1.54, 1.807) is 0 Å². The Balaban J connectivity index is 2.15. The number of nitrogens with one attached hydrogen (secondary N) is 1. The molecule has 1 aliphatic heterocycles. The van der Waals surface area contributed by atoms with E-state index in [1.807, 2.05) is 19.2 Å². The third-order valence-electron chi connectivity index (χ3n) is 3.65. The SMILES string of the molecule is CNC(c1cc(I)ccc1Br)c1cc(Cl)cc2c1OCC2. The van der Waals surface area contributed by atoms with E-state index < -0.39 is 0 Å². The average molecular weight is 479 g/mol. The summed E-state index contributed by atoms with van der Waals surface area (Å²) in [5, 5.41) is 4.15. The van der Waals surface area contributed by atoms with Crippen molar-refractivity contribution < 1.29 is 4.74 Å². The highest BCUT2D eigenvalue weighted by Crippen LogP contribution is 2.40. The predicted molar refractivity (Wildman–Crippen MR) is 98.4 cm³/mol. The van der Waals surface area contributed by atoms with Gasteiger partial charge in [0.2, 0.25) is 0 Å². The molecular weight excluding hydrogens is 464 g/mol. The van der Waals surface area contributed by atoms with Crippen LogP contribution in [0.1, 0.15) is 22.7 Å². The van der Waals surface area contributed by atoms with Crippen molar-refractivity contribution >= 4 is 50.1 Å². The van der Waals surface area contributed by atoms with Crippen molar-refractivity contribution in [1.82, 2.24) is 5.32 Å². The van der Waals surface area contributed by atoms with Gasteiger partial charge in [-0.2, -0.15) is 0 Å². The van der Waals surface area contributed by atoms with Crippen molar-refractivity contribution in [2.24, 2.45) is 0 Å². The normalized spacial score (nSPS) is 14.7. The standard InChI is InChI=1S/C16H14BrClINO/c1-20-15(12-8-11(19)2-3-14(12)17)13-7-10(18)6-9-4-5-21-16(9)13/h2-3,6-8,15,20H,4-5H2,1H3. The summed E-state index contributed by atoms with van der Waals surface area (Å²) >= 11 is 12.3. The molecule has 1 unspecified atom stereocenters. The smallest absolute Gasteiger partial charge is 0.127 e. The molecule has 110 valence electrons. The molecule has 5 heteroatoms. The summed E-state index contributed by atoms with van der Waals surface area (Å²) in [6.07, 6.45) is 0.923. The minimum atomic E-state index is 0.0413. The molecule has 2 nitrogen and oxygen atoms in total. The van der Waals surface area contributed by atoms with Crippen LogP contribution in [0.25, 0.3) is 0 Å². The van der Waals surface area contributed by atoms with E-state index >= 15 is 0 Å². The first-order valence-electron chi connectivity index (χ1n) is 6.67. The summed E-state index contributed by atoms with van der Waals surface area (Å²) in [4.78, 5) is 0. The number of benzene rings is 2. The summed E-state index contributed by atoms with van der Waals surface area (Å²) < 4.78 is 8.12. The lowest BCUT2D eigenvalue weighted by molar-refractivity contribution is 0.351. The average Bonchev–Trinajstić information content (AvgIpc) is 2.91. The maximum atomic E-state index is 6.29. The number of hydrogen-bond acceptors (Lipinski definition) is 2. The zero-order valence-corrected chi connectivity index (χ0v) is 15.9. The summed E-state index contributed by atoms with van der Waals surface area (Å²) in [6.45, 7) is 0.729. The van der Waals surface area contributed by atoms with Gasteiger partial charge < -0.3 is 10.1 Å². The summed E-state index contributed by atoms with van der Waals surface area (Å²) in [5.74, 6) is 0.976. The van der Waals surface area contributed by atoms with Crippen LogP contribution in [0.2, 0.25) is 5.02 Å². The number of fused-ring (bicyclic) bond motifs is 1. The van der Waals surface area contributed by atoms with Crippen LogP contribution in [0.3, 0.4) is 0 Å². The quantitative estimate of drug-likeness (QED) is 0.631. The van der Waals surface area contributed by atoms with Gasteiger partial charge in [0.1, 0.15) is 5.75 Å². The number of hydrogen-bond donors (Lipinski definition) is 1. The molecule has 1 N–H and O–H groups in total. The van der Waals surface area contributed by atoms with Crippen LogP contribution >= 0.6 is 50.1 Å². The van der Waals surface area contributed by atoms with Gasteiger partial charge in [0, 0.05) is 25.0 Å². The largest absolute Gasteiger partial charge is 0.493 e. The summed E-state index contributed by atoms with van der Waals surface area (Å²) in [6, 6.07) is 10.4. The highest BCUT2D eigenvalue weighted by molar-refractivity contribution is 14.1. The van der Waals surface area contributed by atoms with Gasteiger partial charge in [-0.25, -0.2) is 0 Å². The highest BCUT2D eigenvalue weighted by atomic mass is 127. The van der Waals surface area contributed by atoms with Crippen LogP contribution in [-0.4, -0.2) is 13.7 Å². The Morgan fingerprint density at radius 1 is 1.29 bits per heavy atom. The van der Waals surface area contributed by atoms with Crippen molar-refractivity contribution in [2.45, 2.75) is 12.5 Å². The Morgan fingerprint density at radius 2 is 2.10 bits per heavy atom. The van der Waals surface area contributed by atoms with E-state index in [0.717, 1.165) is 33.8 Å². The maximum Gasteiger partial charge on any atom is 0.127 e. The monoisotopic (exact) mass is 477 g/mol. The number of halogens is 3. The van der Waals surface area contributed by atoms with Gasteiger partial charge in [-0.1, -0.05) is 27.5 Å². The van der Waals surface area contributed by atoms with Gasteiger partial charge in [-0.05, 0) is 71.1 Å². The molecule has 0 spiro atoms. The van der Waals surface area contributed by atoms with E-state index in [1.165, 1.54) is 14.7 Å². The zero-order chi connectivity index (χ0) is 15.0. The topological polar surface area (TPSA) is 21.3 Å². The zero-order valence-electron chi connectivity index (χ0n) is 11.4. The molecule has 0 aromatic heterocycles. The third-order valence-corrected chi connectivity index (χ3v) is 5.26. The molecule has 1 aliphatic rings. The van der Waals surface area contributed by atoms with E-state index in [2.05, 4.69) is 62.0 Å². The minimum Gasteiger partial charge on any atom is -0.493 e. The lowest BCUT2D eigenvalue weighted by Crippen LogP contribution is -2.19. The molecule has 1 heterocycles. The number of ether oxygens (including phenoxy) is 1. The Labute approximate surface area is 151 Å². The second-order valence-electron chi connectivity index (χ2n) is 4.97. The second-order valence-corrected chi connectivity index (χ2v) is 7.51. The summed E-state index contributed by atoms with van der Waals surface area (Å²) in [5.41, 5.74) is 3.48. The van der Waals surface area contributed by atoms with Crippen molar-refractivity contribution in [3.05, 3.63) is 60.1 Å². The van der Waals surface area contributed by atoms with Gasteiger partial charge in [0.25, 0.3) is 0 Å². The molecule has 0 aliphatic carbocycles. The molecule has 0 saturated heterocycles. The van der Waals surface area contributed by atoms with Crippen LogP contribution < -0.4 is 10.1 Å². The fourth-order valence-electron chi connectivity index (χ4n) is 2.73. The fourth-order valence-corrected chi connectivity index (χ4v) is 3.97. The molecule has 2 aromatic rings. The van der Waals surface area contributed by atoms with E-state index in [0.29, 0.717) is 0 Å². The molecular formula is C16H14BrClINO. The van der Waals surface area contributed by atoms with Gasteiger partial charge in [0.05, 0.1) is 12.6 Å². The van der Waals surface area contributed by atoms with Crippen LogP contribution in [0.15, 0.2) is 34.8 Å². The first-order valence-corrected chi connectivity index (χ1v) is 8.92. The second kappa shape index (κ2) is 6.44. The van der Waals surface area contributed by atoms with Crippen molar-refractivity contribution in [1.29, 1.82) is 0 Å². The Bertz CT molecular complexity index is 692. The van der Waals surface area contributed by atoms with Gasteiger partial charge in [0.15, 0.2) is 0 Å². The Morgan fingerprint density at radius 3 is 2.86 bits per heavy atom. The van der Waals surface area contributed by atoms with Crippen LogP contribution in [0, 0.1) is 3.57 Å². The van der Waals surface area contributed by atoms with Gasteiger partial charge in [-0.15, -0.1) is 0 Å².